The van der Waals surface area contributed by atoms with E-state index in [4.69, 9.17) is 18.5 Å². The summed E-state index contributed by atoms with van der Waals surface area (Å²) in [7, 11) is -1.69. The van der Waals surface area contributed by atoms with E-state index in [0.29, 0.717) is 11.9 Å². The molecule has 0 bridgehead atoms. The molecular formula is C31H40N3O5PSi. The normalized spacial score (nSPS) is 32.0. The van der Waals surface area contributed by atoms with Gasteiger partial charge < -0.3 is 28.7 Å². The Morgan fingerprint density at radius 1 is 1.07 bits per heavy atom. The molecule has 0 aliphatic carbocycles. The Hall–Kier alpha value is -2.36. The van der Waals surface area contributed by atoms with Crippen molar-refractivity contribution in [3.05, 3.63) is 85.3 Å². The number of amides is 1. The fourth-order valence-corrected chi connectivity index (χ4v) is 12.7. The molecule has 0 spiro atoms. The fourth-order valence-electron chi connectivity index (χ4n) is 6.75. The van der Waals surface area contributed by atoms with E-state index in [1.165, 1.54) is 16.4 Å². The van der Waals surface area contributed by atoms with Gasteiger partial charge in [0, 0.05) is 32.0 Å². The van der Waals surface area contributed by atoms with Crippen molar-refractivity contribution in [2.75, 3.05) is 13.7 Å². The lowest BCUT2D eigenvalue weighted by Gasteiger charge is -2.34. The average molecular weight is 594 g/mol. The van der Waals surface area contributed by atoms with Gasteiger partial charge in [-0.3, -0.25) is 4.79 Å². The highest BCUT2D eigenvalue weighted by Crippen LogP contribution is 2.58. The number of hydrogen-bond donors (Lipinski definition) is 1. The monoisotopic (exact) mass is 593 g/mol. The molecule has 3 saturated heterocycles. The summed E-state index contributed by atoms with van der Waals surface area (Å²) in [6, 6.07) is 23.3. The second-order valence-corrected chi connectivity index (χ2v) is 17.1. The van der Waals surface area contributed by atoms with Crippen LogP contribution in [0.4, 0.5) is 0 Å². The molecule has 6 rings (SSSR count). The van der Waals surface area contributed by atoms with Gasteiger partial charge in [0.25, 0.3) is 14.4 Å². The maximum absolute atomic E-state index is 11.8. The van der Waals surface area contributed by atoms with Crippen molar-refractivity contribution in [1.82, 2.24) is 14.9 Å². The Morgan fingerprint density at radius 2 is 1.76 bits per heavy atom. The highest BCUT2D eigenvalue weighted by molar-refractivity contribution is 7.45. The largest absolute Gasteiger partial charge is 0.374 e. The van der Waals surface area contributed by atoms with Crippen LogP contribution in [0.25, 0.3) is 0 Å². The molecular weight excluding hydrogens is 553 g/mol. The number of rotatable bonds is 9. The van der Waals surface area contributed by atoms with Crippen molar-refractivity contribution in [1.29, 1.82) is 0 Å². The first-order valence-electron chi connectivity index (χ1n) is 14.6. The smallest absolute Gasteiger partial charge is 0.259 e. The summed E-state index contributed by atoms with van der Waals surface area (Å²) in [5.74, 6) is 0.266. The minimum absolute atomic E-state index is 0.0971. The third kappa shape index (κ3) is 5.45. The number of carbonyl (C=O) groups excluding carboxylic acids is 1. The molecule has 1 N–H and O–H groups in total. The molecule has 41 heavy (non-hydrogen) atoms. The van der Waals surface area contributed by atoms with Gasteiger partial charge in [0.05, 0.1) is 12.2 Å². The van der Waals surface area contributed by atoms with Crippen LogP contribution in [0, 0.1) is 0 Å². The van der Waals surface area contributed by atoms with E-state index in [9.17, 15) is 4.79 Å². The highest BCUT2D eigenvalue weighted by atomic mass is 31.2. The quantitative estimate of drug-likeness (QED) is 0.349. The van der Waals surface area contributed by atoms with Crippen LogP contribution in [0.2, 0.25) is 12.6 Å². The average Bonchev–Trinajstić information content (AvgIpc) is 3.69. The van der Waals surface area contributed by atoms with E-state index in [-0.39, 0.29) is 30.3 Å². The molecule has 0 radical (unpaired) electrons. The lowest BCUT2D eigenvalue weighted by atomic mass is 10.1. The van der Waals surface area contributed by atoms with Gasteiger partial charge in [0.1, 0.15) is 26.1 Å². The number of benzene rings is 2. The number of nitrogens with one attached hydrogen (secondary N) is 1. The van der Waals surface area contributed by atoms with Gasteiger partial charge in [0.2, 0.25) is 0 Å². The molecule has 4 heterocycles. The molecule has 8 nitrogen and oxygen atoms in total. The van der Waals surface area contributed by atoms with E-state index in [0.717, 1.165) is 31.9 Å². The van der Waals surface area contributed by atoms with Gasteiger partial charge in [-0.1, -0.05) is 91.1 Å². The maximum atomic E-state index is 11.8. The second kappa shape index (κ2) is 12.1. The summed E-state index contributed by atoms with van der Waals surface area (Å²) in [6.07, 6.45) is 4.97. The van der Waals surface area contributed by atoms with Crippen LogP contribution in [0.15, 0.2) is 85.3 Å². The highest BCUT2D eigenvalue weighted by Gasteiger charge is 2.54. The lowest BCUT2D eigenvalue weighted by molar-refractivity contribution is -0.118. The zero-order chi connectivity index (χ0) is 28.6. The molecule has 10 heteroatoms. The van der Waals surface area contributed by atoms with Gasteiger partial charge in [0.15, 0.2) is 6.23 Å². The summed E-state index contributed by atoms with van der Waals surface area (Å²) < 4.78 is 28.8. The first-order valence-corrected chi connectivity index (χ1v) is 18.4. The Bertz CT molecular complexity index is 1230. The second-order valence-electron chi connectivity index (χ2n) is 11.4. The Morgan fingerprint density at radius 3 is 2.37 bits per heavy atom. The predicted molar refractivity (Wildman–Crippen MR) is 163 cm³/mol. The molecule has 1 amide bonds. The lowest BCUT2D eigenvalue weighted by Crippen LogP contribution is -2.58. The van der Waals surface area contributed by atoms with Crippen molar-refractivity contribution in [2.45, 2.75) is 75.5 Å². The van der Waals surface area contributed by atoms with E-state index in [1.807, 2.05) is 4.90 Å². The van der Waals surface area contributed by atoms with Crippen molar-refractivity contribution in [3.63, 3.8) is 0 Å². The maximum Gasteiger partial charge on any atom is 0.259 e. The van der Waals surface area contributed by atoms with Crippen molar-refractivity contribution in [2.24, 2.45) is 0 Å². The summed E-state index contributed by atoms with van der Waals surface area (Å²) in [6.45, 7) is 9.57. The number of carbonyl (C=O) groups is 1. The summed E-state index contributed by atoms with van der Waals surface area (Å²) in [5.41, 5.74) is 0. The Labute approximate surface area is 245 Å². The first kappa shape index (κ1) is 28.7. The van der Waals surface area contributed by atoms with Crippen molar-refractivity contribution in [3.8, 4) is 0 Å². The van der Waals surface area contributed by atoms with Crippen LogP contribution < -0.4 is 15.7 Å². The van der Waals surface area contributed by atoms with Gasteiger partial charge in [-0.2, -0.15) is 0 Å². The molecule has 4 aliphatic heterocycles. The third-order valence-electron chi connectivity index (χ3n) is 8.98. The minimum atomic E-state index is -2.09. The molecule has 0 saturated carbocycles. The molecule has 4 aliphatic rings. The van der Waals surface area contributed by atoms with Crippen LogP contribution >= 0.6 is 8.53 Å². The molecule has 3 fully saturated rings. The minimum Gasteiger partial charge on any atom is -0.374 e. The number of fused-ring (bicyclic) bond motifs is 1. The molecule has 218 valence electrons. The standard InChI is InChI=1S/C31H40N3O5PSi/c1-5-26-29(30(36-3)31(37-26)33-20-18-28(35)32-22(33)2)39-40-34-19-12-17-25(34)27(38-40)21-41(4,23-13-8-6-9-14-23)24-15-10-7-11-16-24/h6-11,13-16,18,20,25-27,29-31H,2,5,12,17,19,21H2,1,3-4H3,(H,32,35)/t25-,26+,27+,29-,30?,31+,40+/m0/s1. The molecule has 1 unspecified atom stereocenters. The predicted octanol–water partition coefficient (Wildman–Crippen LogP) is 3.92. The van der Waals surface area contributed by atoms with E-state index >= 15 is 0 Å². The van der Waals surface area contributed by atoms with Crippen LogP contribution in [-0.2, 0) is 23.3 Å². The van der Waals surface area contributed by atoms with Crippen LogP contribution in [0.5, 0.6) is 0 Å². The molecule has 2 aromatic carbocycles. The Kier molecular flexibility index (Phi) is 8.48. The molecule has 0 aromatic heterocycles. The fraction of sp³-hybridized carbons (Fsp3) is 0.452. The van der Waals surface area contributed by atoms with Crippen LogP contribution in [0.1, 0.15) is 26.2 Å². The summed E-state index contributed by atoms with van der Waals surface area (Å²) >= 11 is 0. The van der Waals surface area contributed by atoms with E-state index < -0.39 is 22.8 Å². The topological polar surface area (TPSA) is 72.5 Å². The molecule has 2 aromatic rings. The van der Waals surface area contributed by atoms with E-state index in [2.05, 4.69) is 90.7 Å². The van der Waals surface area contributed by atoms with Gasteiger partial charge in [-0.05, 0) is 25.3 Å². The van der Waals surface area contributed by atoms with Gasteiger partial charge in [-0.25, -0.2) is 4.67 Å². The van der Waals surface area contributed by atoms with Gasteiger partial charge in [-0.15, -0.1) is 0 Å². The Balaban J connectivity index is 1.24. The van der Waals surface area contributed by atoms with Crippen LogP contribution in [-0.4, -0.2) is 73.9 Å². The zero-order valence-corrected chi connectivity index (χ0v) is 25.9. The summed E-state index contributed by atoms with van der Waals surface area (Å²) in [4.78, 5) is 13.6. The number of methoxy groups -OCH3 is 1. The zero-order valence-electron chi connectivity index (χ0n) is 24.0. The van der Waals surface area contributed by atoms with E-state index in [1.54, 1.807) is 13.3 Å². The van der Waals surface area contributed by atoms with Crippen molar-refractivity contribution < 1.29 is 23.3 Å². The number of hydrogen-bond acceptors (Lipinski definition) is 7. The SMILES string of the molecule is C=C1NC(=O)C=CN1[C@@H]1O[C@H](CC)[C@H](O[P@@]2O[C@H](C[Si](C)(c3ccccc3)c3ccccc3)[C@@H]3CCCN32)C1OC. The van der Waals surface area contributed by atoms with Crippen molar-refractivity contribution >= 4 is 32.9 Å². The van der Waals surface area contributed by atoms with Crippen LogP contribution in [0.3, 0.4) is 0 Å². The number of nitrogens with zero attached hydrogens (tertiary/aromatic N) is 2. The first-order chi connectivity index (χ1) is 19.9. The summed E-state index contributed by atoms with van der Waals surface area (Å²) in [5, 5.41) is 5.61. The third-order valence-corrected chi connectivity index (χ3v) is 15.2. The van der Waals surface area contributed by atoms with Gasteiger partial charge >= 0.3 is 0 Å². The molecule has 7 atom stereocenters. The number of ether oxygens (including phenoxy) is 2.